The fraction of sp³-hybridized carbons (Fsp3) is 0.312. The average Bonchev–Trinajstić information content (AvgIpc) is 2.30. The van der Waals surface area contributed by atoms with Crippen LogP contribution < -0.4 is 0 Å². The van der Waals surface area contributed by atoms with Crippen LogP contribution in [0.5, 0.6) is 0 Å². The second-order valence-electron chi connectivity index (χ2n) is 4.44. The quantitative estimate of drug-likeness (QED) is 0.550. The highest BCUT2D eigenvalue weighted by Crippen LogP contribution is 2.19. The van der Waals surface area contributed by atoms with Crippen molar-refractivity contribution >= 4 is 11.9 Å². The molecule has 0 aromatic heterocycles. The maximum absolute atomic E-state index is 12.1. The summed E-state index contributed by atoms with van der Waals surface area (Å²) < 4.78 is 0. The second-order valence-corrected chi connectivity index (χ2v) is 4.44. The molecule has 1 aromatic rings. The van der Waals surface area contributed by atoms with Crippen LogP contribution in [0.25, 0.3) is 6.08 Å². The van der Waals surface area contributed by atoms with Crippen molar-refractivity contribution in [1.82, 2.24) is 0 Å². The molecule has 0 saturated carbocycles. The maximum Gasteiger partial charge on any atom is 0.165 e. The Balaban J connectivity index is 3.22. The Bertz CT molecular complexity index is 451. The number of Topliss-reactive ketones (excluding diaryl/α,β-unsaturated/α-hetero) is 1. The van der Waals surface area contributed by atoms with Gasteiger partial charge in [-0.25, -0.2) is 0 Å². The number of rotatable bonds is 4. The highest BCUT2D eigenvalue weighted by molar-refractivity contribution is 6.01. The van der Waals surface area contributed by atoms with Gasteiger partial charge in [-0.2, -0.15) is 0 Å². The van der Waals surface area contributed by atoms with Gasteiger partial charge in [-0.15, -0.1) is 0 Å². The summed E-state index contributed by atoms with van der Waals surface area (Å²) in [5, 5.41) is 0. The molecule has 0 fully saturated rings. The van der Waals surface area contributed by atoms with E-state index in [9.17, 15) is 4.79 Å². The first-order valence-corrected chi connectivity index (χ1v) is 6.01. The van der Waals surface area contributed by atoms with Gasteiger partial charge in [0.1, 0.15) is 0 Å². The summed E-state index contributed by atoms with van der Waals surface area (Å²) in [5.74, 6) is 0.236. The molecule has 0 bridgehead atoms. The monoisotopic (exact) mass is 228 g/mol. The molecule has 0 amide bonds. The van der Waals surface area contributed by atoms with Crippen molar-refractivity contribution in [3.05, 3.63) is 53.1 Å². The normalized spacial score (nSPS) is 11.8. The van der Waals surface area contributed by atoms with Crippen LogP contribution in [0, 0.1) is 12.8 Å². The topological polar surface area (TPSA) is 17.1 Å². The van der Waals surface area contributed by atoms with E-state index in [1.807, 2.05) is 70.2 Å². The van der Waals surface area contributed by atoms with Crippen LogP contribution in [0.15, 0.2) is 36.4 Å². The van der Waals surface area contributed by atoms with Gasteiger partial charge in [0, 0.05) is 11.5 Å². The van der Waals surface area contributed by atoms with Gasteiger partial charge in [-0.3, -0.25) is 4.79 Å². The molecule has 1 rings (SSSR count). The summed E-state index contributed by atoms with van der Waals surface area (Å²) in [4.78, 5) is 12.1. The van der Waals surface area contributed by atoms with Crippen LogP contribution in [0.2, 0.25) is 0 Å². The Labute approximate surface area is 104 Å². The minimum Gasteiger partial charge on any atom is -0.294 e. The van der Waals surface area contributed by atoms with Crippen LogP contribution in [0.3, 0.4) is 0 Å². The molecule has 0 unspecified atom stereocenters. The summed E-state index contributed by atoms with van der Waals surface area (Å²) in [6.45, 7) is 7.88. The average molecular weight is 228 g/mol. The third-order valence-electron chi connectivity index (χ3n) is 2.68. The molecule has 0 spiro atoms. The number of carbonyl (C=O) groups excluding carboxylic acids is 1. The number of benzene rings is 1. The number of aryl methyl sites for hydroxylation is 1. The van der Waals surface area contributed by atoms with Gasteiger partial charge >= 0.3 is 0 Å². The molecule has 1 nitrogen and oxygen atoms in total. The zero-order valence-electron chi connectivity index (χ0n) is 11.0. The number of hydrogen-bond acceptors (Lipinski definition) is 1. The highest BCUT2D eigenvalue weighted by atomic mass is 16.1. The molecule has 17 heavy (non-hydrogen) atoms. The van der Waals surface area contributed by atoms with Crippen molar-refractivity contribution in [2.45, 2.75) is 27.7 Å². The molecule has 0 aliphatic rings. The Hall–Kier alpha value is -1.63. The lowest BCUT2D eigenvalue weighted by Crippen LogP contribution is -2.09. The van der Waals surface area contributed by atoms with Gasteiger partial charge in [0.05, 0.1) is 0 Å². The Morgan fingerprint density at radius 1 is 1.24 bits per heavy atom. The fourth-order valence-corrected chi connectivity index (χ4v) is 1.69. The molecule has 0 saturated heterocycles. The summed E-state index contributed by atoms with van der Waals surface area (Å²) in [5.41, 5.74) is 2.99. The molecule has 1 heteroatoms. The van der Waals surface area contributed by atoms with Crippen LogP contribution in [-0.2, 0) is 0 Å². The van der Waals surface area contributed by atoms with Gasteiger partial charge in [0.25, 0.3) is 0 Å². The van der Waals surface area contributed by atoms with E-state index in [2.05, 4.69) is 0 Å². The number of carbonyl (C=O) groups is 1. The van der Waals surface area contributed by atoms with E-state index >= 15 is 0 Å². The van der Waals surface area contributed by atoms with Gasteiger partial charge in [0.2, 0.25) is 0 Å². The molecular weight excluding hydrogens is 208 g/mol. The Morgan fingerprint density at radius 2 is 1.94 bits per heavy atom. The molecule has 0 heterocycles. The maximum atomic E-state index is 12.1. The van der Waals surface area contributed by atoms with Gasteiger partial charge < -0.3 is 0 Å². The van der Waals surface area contributed by atoms with E-state index in [0.29, 0.717) is 0 Å². The largest absolute Gasteiger partial charge is 0.294 e. The van der Waals surface area contributed by atoms with Crippen molar-refractivity contribution in [3.8, 4) is 0 Å². The molecule has 0 radical (unpaired) electrons. The number of hydrogen-bond donors (Lipinski definition) is 0. The second kappa shape index (κ2) is 6.19. The minimum atomic E-state index is 0.0330. The van der Waals surface area contributed by atoms with Gasteiger partial charge in [0.15, 0.2) is 5.78 Å². The molecule has 90 valence electrons. The summed E-state index contributed by atoms with van der Waals surface area (Å²) >= 11 is 0. The van der Waals surface area contributed by atoms with Crippen LogP contribution in [0.1, 0.15) is 42.3 Å². The van der Waals surface area contributed by atoms with Crippen molar-refractivity contribution < 1.29 is 4.79 Å². The van der Waals surface area contributed by atoms with E-state index in [1.54, 1.807) is 0 Å². The number of ketones is 1. The van der Waals surface area contributed by atoms with Crippen molar-refractivity contribution in [2.24, 2.45) is 5.92 Å². The van der Waals surface area contributed by atoms with Crippen molar-refractivity contribution in [2.75, 3.05) is 0 Å². The molecule has 0 aliphatic carbocycles. The first-order chi connectivity index (χ1) is 8.07. The molecule has 0 atom stereocenters. The number of allylic oxidation sites excluding steroid dienone is 3. The lowest BCUT2D eigenvalue weighted by Gasteiger charge is -2.10. The van der Waals surface area contributed by atoms with Crippen LogP contribution in [0.4, 0.5) is 0 Å². The van der Waals surface area contributed by atoms with E-state index in [-0.39, 0.29) is 11.7 Å². The Morgan fingerprint density at radius 3 is 2.53 bits per heavy atom. The lowest BCUT2D eigenvalue weighted by atomic mass is 9.93. The van der Waals surface area contributed by atoms with E-state index in [1.165, 1.54) is 0 Å². The van der Waals surface area contributed by atoms with E-state index in [0.717, 1.165) is 16.7 Å². The first-order valence-electron chi connectivity index (χ1n) is 6.01. The predicted molar refractivity (Wildman–Crippen MR) is 74.2 cm³/mol. The minimum absolute atomic E-state index is 0.0330. The van der Waals surface area contributed by atoms with Gasteiger partial charge in [-0.1, -0.05) is 56.4 Å². The summed E-state index contributed by atoms with van der Waals surface area (Å²) in [6.07, 6.45) is 7.92. The molecule has 1 aromatic carbocycles. The smallest absolute Gasteiger partial charge is 0.165 e. The first kappa shape index (κ1) is 13.4. The fourth-order valence-electron chi connectivity index (χ4n) is 1.69. The van der Waals surface area contributed by atoms with Crippen molar-refractivity contribution in [3.63, 3.8) is 0 Å². The van der Waals surface area contributed by atoms with Crippen molar-refractivity contribution in [1.29, 1.82) is 0 Å². The standard InChI is InChI=1S/C16H20O/c1-5-6-7-10-14-13(4)9-8-11-15(14)16(17)12(2)3/h5-12H,1-4H3/b6-5-,10-7-. The third kappa shape index (κ3) is 3.42. The van der Waals surface area contributed by atoms with E-state index < -0.39 is 0 Å². The molecule has 0 N–H and O–H groups in total. The zero-order valence-corrected chi connectivity index (χ0v) is 11.0. The third-order valence-corrected chi connectivity index (χ3v) is 2.68. The molecular formula is C16H20O. The van der Waals surface area contributed by atoms with Crippen LogP contribution in [-0.4, -0.2) is 5.78 Å². The molecule has 0 aliphatic heterocycles. The zero-order chi connectivity index (χ0) is 12.8. The predicted octanol–water partition coefficient (Wildman–Crippen LogP) is 4.42. The SMILES string of the molecule is C/C=C\C=C/c1c(C)cccc1C(=O)C(C)C. The summed E-state index contributed by atoms with van der Waals surface area (Å²) in [6, 6.07) is 5.88. The lowest BCUT2D eigenvalue weighted by molar-refractivity contribution is 0.0939. The highest BCUT2D eigenvalue weighted by Gasteiger charge is 2.14. The van der Waals surface area contributed by atoms with Gasteiger partial charge in [-0.05, 0) is 25.0 Å². The Kier molecular flexibility index (Phi) is 4.89. The van der Waals surface area contributed by atoms with Crippen LogP contribution >= 0.6 is 0 Å². The van der Waals surface area contributed by atoms with E-state index in [4.69, 9.17) is 0 Å². The summed E-state index contributed by atoms with van der Waals surface area (Å²) in [7, 11) is 0.